The van der Waals surface area contributed by atoms with Crippen molar-refractivity contribution < 1.29 is 47.8 Å². The number of amides is 6. The number of ether oxygens (including phenoxy) is 3. The van der Waals surface area contributed by atoms with Crippen LogP contribution in [0.1, 0.15) is 87.1 Å². The van der Waals surface area contributed by atoms with Crippen molar-refractivity contribution in [3.05, 3.63) is 54.1 Å². The first-order chi connectivity index (χ1) is 26.7. The van der Waals surface area contributed by atoms with Crippen molar-refractivity contribution in [1.82, 2.24) is 31.5 Å². The third-order valence-corrected chi connectivity index (χ3v) is 8.47. The number of carbonyl (C=O) groups is 7. The minimum atomic E-state index is -1.19. The first-order valence-electron chi connectivity index (χ1n) is 19.2. The monoisotopic (exact) mass is 798 g/mol. The Hall–Kier alpha value is -5.25. The van der Waals surface area contributed by atoms with E-state index < -0.39 is 89.4 Å². The number of nitrogens with one attached hydrogen (secondary N) is 5. The van der Waals surface area contributed by atoms with Crippen LogP contribution in [0.4, 0.5) is 0 Å². The summed E-state index contributed by atoms with van der Waals surface area (Å²) in [5.74, 6) is -3.62. The summed E-state index contributed by atoms with van der Waals surface area (Å²) in [4.78, 5) is 93.0. The van der Waals surface area contributed by atoms with Gasteiger partial charge in [0.1, 0.15) is 41.6 Å². The lowest BCUT2D eigenvalue weighted by molar-refractivity contribution is -0.146. The average molecular weight is 799 g/mol. The van der Waals surface area contributed by atoms with E-state index in [1.165, 1.54) is 31.1 Å². The minimum absolute atomic E-state index is 0.0174. The Bertz CT molecular complexity index is 1610. The van der Waals surface area contributed by atoms with Crippen LogP contribution in [-0.4, -0.2) is 115 Å². The van der Waals surface area contributed by atoms with E-state index in [1.807, 2.05) is 20.8 Å². The van der Waals surface area contributed by atoms with Crippen LogP contribution in [0.5, 0.6) is 5.75 Å². The molecule has 0 radical (unpaired) electrons. The number of allylic oxidation sites excluding steroid dienone is 2. The number of nitrogens with zero attached hydrogens (tertiary/aromatic N) is 1. The third-order valence-electron chi connectivity index (χ3n) is 8.47. The van der Waals surface area contributed by atoms with Crippen molar-refractivity contribution in [2.24, 2.45) is 0 Å². The fourth-order valence-corrected chi connectivity index (χ4v) is 5.74. The van der Waals surface area contributed by atoms with Crippen molar-refractivity contribution in [2.45, 2.75) is 129 Å². The first-order valence-corrected chi connectivity index (χ1v) is 19.2. The van der Waals surface area contributed by atoms with Crippen molar-refractivity contribution in [1.29, 1.82) is 0 Å². The molecular weight excluding hydrogens is 736 g/mol. The molecule has 1 aromatic rings. The Kier molecular flexibility index (Phi) is 18.9. The molecule has 316 valence electrons. The lowest BCUT2D eigenvalue weighted by Gasteiger charge is -2.28. The number of benzene rings is 1. The lowest BCUT2D eigenvalue weighted by atomic mass is 10.0. The summed E-state index contributed by atoms with van der Waals surface area (Å²) in [6.45, 7) is 15.6. The molecule has 1 aliphatic rings. The molecule has 0 spiro atoms. The molecule has 1 heterocycles. The maximum Gasteiger partial charge on any atom is 0.328 e. The molecule has 6 amide bonds. The third kappa shape index (κ3) is 17.2. The highest BCUT2D eigenvalue weighted by Gasteiger charge is 2.38. The average Bonchev–Trinajstić information content (AvgIpc) is 3.63. The molecule has 5 unspecified atom stereocenters. The smallest absolute Gasteiger partial charge is 0.328 e. The standard InChI is InChI=1S/C41H62N6O10/c1-11-13-16-29(39(54)55-10)45-37(52)32-17-14-22-47(32)38(53)26(3)43-34(49)24-42-35(50)30(23-27-18-20-28(21-19-27)57-41(7,8)9)46-36(51)31(25-56-40(4,5)6)44-33(48)15-12-2/h11-13,15,18-21,26,29-32H,14,16-17,22-25H2,1-10H3,(H,42,50)(H,43,49)(H,44,48)(H,45,52)(H,46,51)/b13-11+,15-12+. The molecule has 5 atom stereocenters. The molecule has 16 nitrogen and oxygen atoms in total. The number of carbonyl (C=O) groups excluding carboxylic acids is 7. The van der Waals surface area contributed by atoms with Gasteiger partial charge in [-0.25, -0.2) is 4.79 Å². The molecule has 1 aliphatic heterocycles. The fourth-order valence-electron chi connectivity index (χ4n) is 5.74. The zero-order valence-electron chi connectivity index (χ0n) is 35.0. The van der Waals surface area contributed by atoms with Gasteiger partial charge in [-0.15, -0.1) is 0 Å². The van der Waals surface area contributed by atoms with Gasteiger partial charge in [0.15, 0.2) is 0 Å². The summed E-state index contributed by atoms with van der Waals surface area (Å²) in [6, 6.07) is 1.82. The van der Waals surface area contributed by atoms with Crippen LogP contribution in [0.3, 0.4) is 0 Å². The van der Waals surface area contributed by atoms with Crippen molar-refractivity contribution in [3.8, 4) is 5.75 Å². The van der Waals surface area contributed by atoms with E-state index in [9.17, 15) is 33.6 Å². The van der Waals surface area contributed by atoms with Crippen LogP contribution in [0.25, 0.3) is 0 Å². The number of hydrogen-bond donors (Lipinski definition) is 5. The van der Waals surface area contributed by atoms with Gasteiger partial charge in [0.2, 0.25) is 35.4 Å². The highest BCUT2D eigenvalue weighted by atomic mass is 16.5. The molecule has 2 rings (SSSR count). The number of esters is 1. The lowest BCUT2D eigenvalue weighted by Crippen LogP contribution is -2.57. The van der Waals surface area contributed by atoms with Crippen molar-refractivity contribution in [2.75, 3.05) is 26.8 Å². The second-order valence-corrected chi connectivity index (χ2v) is 15.7. The van der Waals surface area contributed by atoms with Crippen LogP contribution in [-0.2, 0) is 49.5 Å². The molecular formula is C41H62N6O10. The molecule has 0 aromatic heterocycles. The van der Waals surface area contributed by atoms with Gasteiger partial charge in [0, 0.05) is 13.0 Å². The van der Waals surface area contributed by atoms with Gasteiger partial charge in [0.25, 0.3) is 0 Å². The van der Waals surface area contributed by atoms with Gasteiger partial charge in [-0.2, -0.15) is 0 Å². The highest BCUT2D eigenvalue weighted by molar-refractivity contribution is 5.97. The first kappa shape index (κ1) is 47.9. The number of likely N-dealkylation sites (tertiary alicyclic amines) is 1. The van der Waals surface area contributed by atoms with Crippen molar-refractivity contribution >= 4 is 41.4 Å². The van der Waals surface area contributed by atoms with E-state index in [2.05, 4.69) is 26.6 Å². The highest BCUT2D eigenvalue weighted by Crippen LogP contribution is 2.21. The Balaban J connectivity index is 2.18. The summed E-state index contributed by atoms with van der Waals surface area (Å²) in [5, 5.41) is 13.1. The number of rotatable bonds is 19. The topological polar surface area (TPSA) is 211 Å². The van der Waals surface area contributed by atoms with Crippen LogP contribution >= 0.6 is 0 Å². The predicted octanol–water partition coefficient (Wildman–Crippen LogP) is 2.00. The Labute approximate surface area is 336 Å². The molecule has 1 fully saturated rings. The second-order valence-electron chi connectivity index (χ2n) is 15.7. The van der Waals surface area contributed by atoms with Crippen LogP contribution < -0.4 is 31.3 Å². The van der Waals surface area contributed by atoms with E-state index in [-0.39, 0.29) is 26.0 Å². The van der Waals surface area contributed by atoms with E-state index in [1.54, 1.807) is 71.0 Å². The van der Waals surface area contributed by atoms with Crippen LogP contribution in [0.2, 0.25) is 0 Å². The largest absolute Gasteiger partial charge is 0.488 e. The van der Waals surface area contributed by atoms with Crippen LogP contribution in [0, 0.1) is 0 Å². The summed E-state index contributed by atoms with van der Waals surface area (Å²) < 4.78 is 16.5. The molecule has 57 heavy (non-hydrogen) atoms. The maximum absolute atomic E-state index is 13.7. The number of methoxy groups -OCH3 is 1. The zero-order chi connectivity index (χ0) is 42.9. The summed E-state index contributed by atoms with van der Waals surface area (Å²) in [6.07, 6.45) is 7.39. The second kappa shape index (κ2) is 22.5. The van der Waals surface area contributed by atoms with Crippen LogP contribution in [0.15, 0.2) is 48.6 Å². The van der Waals surface area contributed by atoms with Gasteiger partial charge in [-0.1, -0.05) is 30.4 Å². The molecule has 0 saturated carbocycles. The van der Waals surface area contributed by atoms with Gasteiger partial charge in [-0.05, 0) is 105 Å². The molecule has 0 aliphatic carbocycles. The van der Waals surface area contributed by atoms with Gasteiger partial charge in [0.05, 0.1) is 25.9 Å². The van der Waals surface area contributed by atoms with Gasteiger partial charge < -0.3 is 45.7 Å². The van der Waals surface area contributed by atoms with E-state index in [0.29, 0.717) is 24.2 Å². The summed E-state index contributed by atoms with van der Waals surface area (Å²) in [7, 11) is 1.22. The Morgan fingerprint density at radius 2 is 1.51 bits per heavy atom. The maximum atomic E-state index is 13.7. The molecule has 16 heteroatoms. The molecule has 5 N–H and O–H groups in total. The van der Waals surface area contributed by atoms with Gasteiger partial charge in [-0.3, -0.25) is 28.8 Å². The number of hydrogen-bond acceptors (Lipinski definition) is 10. The SMILES string of the molecule is C/C=C/CC(NC(=O)C1CCCN1C(=O)C(C)NC(=O)CNC(=O)C(Cc1ccc(OC(C)(C)C)cc1)NC(=O)C(COC(C)(C)C)NC(=O)/C=C/C)C(=O)OC. The fraction of sp³-hybridized carbons (Fsp3) is 0.585. The van der Waals surface area contributed by atoms with Crippen molar-refractivity contribution in [3.63, 3.8) is 0 Å². The Morgan fingerprint density at radius 1 is 0.842 bits per heavy atom. The van der Waals surface area contributed by atoms with Gasteiger partial charge >= 0.3 is 5.97 Å². The summed E-state index contributed by atoms with van der Waals surface area (Å²) >= 11 is 0. The Morgan fingerprint density at radius 3 is 2.09 bits per heavy atom. The van der Waals surface area contributed by atoms with E-state index >= 15 is 0 Å². The molecule has 1 aromatic carbocycles. The quantitative estimate of drug-likeness (QED) is 0.0781. The van der Waals surface area contributed by atoms with E-state index in [4.69, 9.17) is 14.2 Å². The minimum Gasteiger partial charge on any atom is -0.488 e. The predicted molar refractivity (Wildman–Crippen MR) is 214 cm³/mol. The van der Waals surface area contributed by atoms with E-state index in [0.717, 1.165) is 0 Å². The molecule has 0 bridgehead atoms. The normalized spacial score (nSPS) is 16.6. The summed E-state index contributed by atoms with van der Waals surface area (Å²) in [5.41, 5.74) is -0.399. The molecule has 1 saturated heterocycles. The zero-order valence-corrected chi connectivity index (χ0v) is 35.0.